The molecule has 1 heterocycles. The van der Waals surface area contributed by atoms with E-state index in [-0.39, 0.29) is 5.54 Å². The van der Waals surface area contributed by atoms with Crippen molar-refractivity contribution in [2.24, 2.45) is 5.92 Å². The summed E-state index contributed by atoms with van der Waals surface area (Å²) < 4.78 is 0. The molecule has 0 radical (unpaired) electrons. The lowest BCUT2D eigenvalue weighted by Crippen LogP contribution is -2.44. The van der Waals surface area contributed by atoms with E-state index in [1.165, 1.54) is 17.0 Å². The highest BCUT2D eigenvalue weighted by molar-refractivity contribution is 5.36. The van der Waals surface area contributed by atoms with Crippen LogP contribution < -0.4 is 0 Å². The summed E-state index contributed by atoms with van der Waals surface area (Å²) in [6.45, 7) is 13.2. The Hall–Kier alpha value is -1.24. The number of nitrogens with zero attached hydrogens (tertiary/aromatic N) is 1. The van der Waals surface area contributed by atoms with Gasteiger partial charge in [0.2, 0.25) is 0 Å². The first-order valence-electron chi connectivity index (χ1n) is 6.46. The van der Waals surface area contributed by atoms with E-state index >= 15 is 0 Å². The topological polar surface area (TPSA) is 3.24 Å². The van der Waals surface area contributed by atoms with Crippen molar-refractivity contribution < 1.29 is 0 Å². The van der Waals surface area contributed by atoms with Gasteiger partial charge in [-0.25, -0.2) is 0 Å². The van der Waals surface area contributed by atoms with Crippen LogP contribution >= 0.6 is 0 Å². The minimum atomic E-state index is 0.160. The molecule has 0 aromatic rings. The van der Waals surface area contributed by atoms with Crippen molar-refractivity contribution in [1.82, 2.24) is 4.90 Å². The molecule has 0 spiro atoms. The molecule has 1 heteroatoms. The lowest BCUT2D eigenvalue weighted by molar-refractivity contribution is 0.173. The Morgan fingerprint density at radius 1 is 1.53 bits per heavy atom. The SMILES string of the molecule is C=CCC1(C)C(C)C(C)=C(C)N1C1=CC=CC1. The maximum Gasteiger partial charge on any atom is 0.0514 e. The van der Waals surface area contributed by atoms with Gasteiger partial charge in [0.05, 0.1) is 5.54 Å². The lowest BCUT2D eigenvalue weighted by Gasteiger charge is -2.41. The van der Waals surface area contributed by atoms with Gasteiger partial charge in [-0.3, -0.25) is 0 Å². The molecule has 1 aliphatic carbocycles. The highest BCUT2D eigenvalue weighted by Crippen LogP contribution is 2.47. The lowest BCUT2D eigenvalue weighted by atomic mass is 9.82. The second-order valence-corrected chi connectivity index (χ2v) is 5.47. The first kappa shape index (κ1) is 12.2. The summed E-state index contributed by atoms with van der Waals surface area (Å²) in [5.41, 5.74) is 4.53. The van der Waals surface area contributed by atoms with Crippen LogP contribution in [0.4, 0.5) is 0 Å². The average molecular weight is 229 g/mol. The van der Waals surface area contributed by atoms with Crippen LogP contribution in [0.3, 0.4) is 0 Å². The zero-order chi connectivity index (χ0) is 12.6. The van der Waals surface area contributed by atoms with Gasteiger partial charge in [0.1, 0.15) is 0 Å². The van der Waals surface area contributed by atoms with E-state index in [0.717, 1.165) is 12.8 Å². The van der Waals surface area contributed by atoms with Crippen LogP contribution in [0.25, 0.3) is 0 Å². The van der Waals surface area contributed by atoms with Gasteiger partial charge in [-0.15, -0.1) is 6.58 Å². The molecule has 1 aliphatic heterocycles. The Balaban J connectivity index is 2.41. The third kappa shape index (κ3) is 1.69. The largest absolute Gasteiger partial charge is 0.342 e. The van der Waals surface area contributed by atoms with Gasteiger partial charge >= 0.3 is 0 Å². The van der Waals surface area contributed by atoms with Crippen molar-refractivity contribution in [3.8, 4) is 0 Å². The van der Waals surface area contributed by atoms with Gasteiger partial charge in [0, 0.05) is 23.7 Å². The van der Waals surface area contributed by atoms with Crippen LogP contribution in [0.15, 0.2) is 47.9 Å². The summed E-state index contributed by atoms with van der Waals surface area (Å²) in [7, 11) is 0. The van der Waals surface area contributed by atoms with E-state index < -0.39 is 0 Å². The van der Waals surface area contributed by atoms with Crippen molar-refractivity contribution in [3.05, 3.63) is 47.9 Å². The highest BCUT2D eigenvalue weighted by atomic mass is 15.2. The van der Waals surface area contributed by atoms with Crippen LogP contribution in [-0.4, -0.2) is 10.4 Å². The second-order valence-electron chi connectivity index (χ2n) is 5.47. The molecular weight excluding hydrogens is 206 g/mol. The molecule has 0 saturated carbocycles. The van der Waals surface area contributed by atoms with Gasteiger partial charge in [-0.2, -0.15) is 0 Å². The van der Waals surface area contributed by atoms with Crippen molar-refractivity contribution in [1.29, 1.82) is 0 Å². The molecule has 0 N–H and O–H groups in total. The van der Waals surface area contributed by atoms with Gasteiger partial charge in [0.15, 0.2) is 0 Å². The number of rotatable bonds is 3. The molecule has 2 rings (SSSR count). The molecule has 0 aromatic carbocycles. The van der Waals surface area contributed by atoms with Crippen molar-refractivity contribution in [2.75, 3.05) is 0 Å². The third-order valence-electron chi connectivity index (χ3n) is 4.60. The molecule has 0 bridgehead atoms. The summed E-state index contributed by atoms with van der Waals surface area (Å²) >= 11 is 0. The minimum absolute atomic E-state index is 0.160. The normalized spacial score (nSPS) is 32.4. The minimum Gasteiger partial charge on any atom is -0.342 e. The Kier molecular flexibility index (Phi) is 3.03. The first-order chi connectivity index (χ1) is 8.02. The van der Waals surface area contributed by atoms with E-state index in [1.54, 1.807) is 0 Å². The molecule has 2 aliphatic rings. The van der Waals surface area contributed by atoms with E-state index in [2.05, 4.69) is 63.5 Å². The van der Waals surface area contributed by atoms with Crippen molar-refractivity contribution >= 4 is 0 Å². The first-order valence-corrected chi connectivity index (χ1v) is 6.46. The molecule has 0 saturated heterocycles. The van der Waals surface area contributed by atoms with Gasteiger partial charge < -0.3 is 4.90 Å². The van der Waals surface area contributed by atoms with E-state index in [9.17, 15) is 0 Å². The number of allylic oxidation sites excluding steroid dienone is 4. The van der Waals surface area contributed by atoms with E-state index in [4.69, 9.17) is 0 Å². The van der Waals surface area contributed by atoms with Crippen LogP contribution in [0.2, 0.25) is 0 Å². The predicted molar refractivity (Wildman–Crippen MR) is 74.4 cm³/mol. The maximum atomic E-state index is 3.93. The quantitative estimate of drug-likeness (QED) is 0.648. The molecule has 1 nitrogen and oxygen atoms in total. The van der Waals surface area contributed by atoms with Crippen LogP contribution in [-0.2, 0) is 0 Å². The van der Waals surface area contributed by atoms with E-state index in [1.807, 2.05) is 0 Å². The summed E-state index contributed by atoms with van der Waals surface area (Å²) in [6.07, 6.45) is 10.8. The molecule has 17 heavy (non-hydrogen) atoms. The molecule has 0 fully saturated rings. The van der Waals surface area contributed by atoms with E-state index in [0.29, 0.717) is 5.92 Å². The average Bonchev–Trinajstić information content (AvgIpc) is 2.85. The number of hydrogen-bond acceptors (Lipinski definition) is 1. The Morgan fingerprint density at radius 2 is 2.24 bits per heavy atom. The fraction of sp³-hybridized carbons (Fsp3) is 0.500. The summed E-state index contributed by atoms with van der Waals surface area (Å²) in [5, 5.41) is 0. The fourth-order valence-corrected chi connectivity index (χ4v) is 3.24. The van der Waals surface area contributed by atoms with Crippen molar-refractivity contribution in [3.63, 3.8) is 0 Å². The zero-order valence-corrected chi connectivity index (χ0v) is 11.5. The summed E-state index contributed by atoms with van der Waals surface area (Å²) in [4.78, 5) is 2.54. The highest BCUT2D eigenvalue weighted by Gasteiger charge is 2.44. The molecule has 0 aromatic heterocycles. The van der Waals surface area contributed by atoms with Gasteiger partial charge in [0.25, 0.3) is 0 Å². The number of hydrogen-bond donors (Lipinski definition) is 0. The molecule has 2 unspecified atom stereocenters. The van der Waals surface area contributed by atoms with Crippen molar-refractivity contribution in [2.45, 2.75) is 46.1 Å². The standard InChI is InChI=1S/C16H23N/c1-6-11-16(5)13(3)12(2)14(4)17(16)15-9-7-8-10-15/h6-9,13H,1,10-11H2,2-5H3. The van der Waals surface area contributed by atoms with Crippen LogP contribution in [0.5, 0.6) is 0 Å². The second kappa shape index (κ2) is 4.21. The van der Waals surface area contributed by atoms with Gasteiger partial charge in [-0.05, 0) is 38.8 Å². The smallest absolute Gasteiger partial charge is 0.0514 e. The Bertz CT molecular complexity index is 425. The zero-order valence-electron chi connectivity index (χ0n) is 11.5. The predicted octanol–water partition coefficient (Wildman–Crippen LogP) is 4.41. The third-order valence-corrected chi connectivity index (χ3v) is 4.60. The molecule has 92 valence electrons. The summed E-state index contributed by atoms with van der Waals surface area (Å²) in [6, 6.07) is 0. The Morgan fingerprint density at radius 3 is 2.76 bits per heavy atom. The maximum absolute atomic E-state index is 3.93. The molecular formula is C16H23N. The molecule has 2 atom stereocenters. The van der Waals surface area contributed by atoms with Gasteiger partial charge in [-0.1, -0.05) is 25.2 Å². The van der Waals surface area contributed by atoms with Crippen LogP contribution in [0.1, 0.15) is 40.5 Å². The molecule has 0 amide bonds. The summed E-state index contributed by atoms with van der Waals surface area (Å²) in [5.74, 6) is 0.585. The van der Waals surface area contributed by atoms with Crippen LogP contribution in [0, 0.1) is 5.92 Å². The monoisotopic (exact) mass is 229 g/mol. The Labute approximate surface area is 105 Å². The fourth-order valence-electron chi connectivity index (χ4n) is 3.24.